The molecule has 0 bridgehead atoms. The normalized spacial score (nSPS) is 10.7. The van der Waals surface area contributed by atoms with E-state index in [9.17, 15) is 9.59 Å². The van der Waals surface area contributed by atoms with Gasteiger partial charge in [-0.15, -0.1) is 11.6 Å². The van der Waals surface area contributed by atoms with Gasteiger partial charge in [0.2, 0.25) is 0 Å². The second kappa shape index (κ2) is 7.65. The molecular formula is C21H17ClN2O3. The summed E-state index contributed by atoms with van der Waals surface area (Å²) in [5.74, 6) is -1.13. The number of ketones is 1. The summed E-state index contributed by atoms with van der Waals surface area (Å²) < 4.78 is 1.94. The topological polar surface area (TPSA) is 83.1 Å². The first-order valence-electron chi connectivity index (χ1n) is 8.41. The largest absolute Gasteiger partial charge is 0.481 e. The van der Waals surface area contributed by atoms with E-state index in [2.05, 4.69) is 6.07 Å². The lowest BCUT2D eigenvalue weighted by atomic mass is 10.0. The molecule has 1 aromatic heterocycles. The second-order valence-corrected chi connectivity index (χ2v) is 6.52. The Bertz CT molecular complexity index is 1080. The van der Waals surface area contributed by atoms with E-state index in [1.54, 1.807) is 12.1 Å². The fourth-order valence-electron chi connectivity index (χ4n) is 3.30. The van der Waals surface area contributed by atoms with Crippen LogP contribution in [0.4, 0.5) is 0 Å². The predicted molar refractivity (Wildman–Crippen MR) is 104 cm³/mol. The molecule has 0 spiro atoms. The van der Waals surface area contributed by atoms with Crippen LogP contribution in [0.2, 0.25) is 0 Å². The molecule has 0 unspecified atom stereocenters. The van der Waals surface area contributed by atoms with Crippen molar-refractivity contribution in [3.63, 3.8) is 0 Å². The molecule has 0 aliphatic rings. The van der Waals surface area contributed by atoms with E-state index < -0.39 is 5.97 Å². The molecule has 3 rings (SSSR count). The summed E-state index contributed by atoms with van der Waals surface area (Å²) in [4.78, 5) is 23.3. The van der Waals surface area contributed by atoms with E-state index in [-0.39, 0.29) is 18.1 Å². The van der Waals surface area contributed by atoms with Gasteiger partial charge in [-0.05, 0) is 49.2 Å². The lowest BCUT2D eigenvalue weighted by molar-refractivity contribution is -0.136. The Morgan fingerprint density at radius 1 is 1.19 bits per heavy atom. The third-order valence-corrected chi connectivity index (χ3v) is 4.79. The van der Waals surface area contributed by atoms with E-state index in [1.165, 1.54) is 0 Å². The highest BCUT2D eigenvalue weighted by Crippen LogP contribution is 2.31. The number of benzene rings is 2. The molecular weight excluding hydrogens is 364 g/mol. The minimum atomic E-state index is -0.855. The fourth-order valence-corrected chi connectivity index (χ4v) is 3.44. The number of hydrogen-bond donors (Lipinski definition) is 1. The van der Waals surface area contributed by atoms with Crippen molar-refractivity contribution in [3.05, 3.63) is 64.8 Å². The molecule has 0 saturated heterocycles. The Balaban J connectivity index is 2.23. The molecule has 0 radical (unpaired) electrons. The molecule has 3 aromatic rings. The van der Waals surface area contributed by atoms with Crippen molar-refractivity contribution in [2.75, 3.05) is 5.88 Å². The van der Waals surface area contributed by atoms with Gasteiger partial charge in [0.05, 0.1) is 23.0 Å². The molecule has 0 fully saturated rings. The number of rotatable bonds is 6. The number of Topliss-reactive ketones (excluding diaryl/α,β-unsaturated/α-hetero) is 1. The second-order valence-electron chi connectivity index (χ2n) is 6.26. The Morgan fingerprint density at radius 3 is 2.48 bits per heavy atom. The van der Waals surface area contributed by atoms with E-state index in [4.69, 9.17) is 22.0 Å². The van der Waals surface area contributed by atoms with Gasteiger partial charge in [-0.3, -0.25) is 9.59 Å². The van der Waals surface area contributed by atoms with Crippen LogP contribution in [0.15, 0.2) is 42.5 Å². The number of aromatic nitrogens is 1. The van der Waals surface area contributed by atoms with Gasteiger partial charge in [0, 0.05) is 28.8 Å². The summed E-state index contributed by atoms with van der Waals surface area (Å²) in [5, 5.41) is 18.7. The number of nitriles is 1. The van der Waals surface area contributed by atoms with Gasteiger partial charge in [-0.25, -0.2) is 0 Å². The van der Waals surface area contributed by atoms with Crippen LogP contribution < -0.4 is 0 Å². The third kappa shape index (κ3) is 3.57. The van der Waals surface area contributed by atoms with E-state index in [1.807, 2.05) is 41.8 Å². The molecule has 0 amide bonds. The number of carbonyl (C=O) groups excluding carboxylic acids is 1. The average molecular weight is 381 g/mol. The molecule has 0 aliphatic heterocycles. The summed E-state index contributed by atoms with van der Waals surface area (Å²) in [6.45, 7) is 1.86. The van der Waals surface area contributed by atoms with Crippen LogP contribution in [-0.4, -0.2) is 27.3 Å². The predicted octanol–water partition coefficient (Wildman–Crippen LogP) is 4.25. The number of nitrogens with zero attached hydrogens (tertiary/aromatic N) is 2. The third-order valence-electron chi connectivity index (χ3n) is 4.55. The van der Waals surface area contributed by atoms with Gasteiger partial charge in [0.15, 0.2) is 5.78 Å². The minimum absolute atomic E-state index is 0.0372. The first kappa shape index (κ1) is 18.7. The highest BCUT2D eigenvalue weighted by Gasteiger charge is 2.20. The van der Waals surface area contributed by atoms with Crippen molar-refractivity contribution >= 4 is 34.3 Å². The van der Waals surface area contributed by atoms with Gasteiger partial charge in [-0.1, -0.05) is 12.1 Å². The van der Waals surface area contributed by atoms with Crippen molar-refractivity contribution in [1.29, 1.82) is 5.26 Å². The number of aryl methyl sites for hydroxylation is 1. The summed E-state index contributed by atoms with van der Waals surface area (Å²) in [6, 6.07) is 14.8. The van der Waals surface area contributed by atoms with Gasteiger partial charge in [0.25, 0.3) is 0 Å². The number of fused-ring (bicyclic) bond motifs is 1. The standard InChI is InChI=1S/C21H17ClN2O3/c1-13-21(19(25)11-22)17-8-4-14(5-9-20(26)27)10-18(17)24(13)16-6-2-15(12-23)3-7-16/h2-4,6-8,10H,5,9,11H2,1H3,(H,26,27). The van der Waals surface area contributed by atoms with Crippen molar-refractivity contribution in [2.24, 2.45) is 0 Å². The maximum Gasteiger partial charge on any atom is 0.303 e. The molecule has 27 heavy (non-hydrogen) atoms. The summed E-state index contributed by atoms with van der Waals surface area (Å²) in [7, 11) is 0. The summed E-state index contributed by atoms with van der Waals surface area (Å²) in [5.41, 5.74) is 4.38. The zero-order chi connectivity index (χ0) is 19.6. The van der Waals surface area contributed by atoms with Crippen molar-refractivity contribution in [2.45, 2.75) is 19.8 Å². The average Bonchev–Trinajstić information content (AvgIpc) is 2.97. The quantitative estimate of drug-likeness (QED) is 0.512. The van der Waals surface area contributed by atoms with E-state index in [0.29, 0.717) is 17.5 Å². The number of halogens is 1. The SMILES string of the molecule is Cc1c(C(=O)CCl)c2ccc(CCC(=O)O)cc2n1-c1ccc(C#N)cc1. The molecule has 1 N–H and O–H groups in total. The molecule has 6 heteroatoms. The molecule has 136 valence electrons. The Morgan fingerprint density at radius 2 is 1.89 bits per heavy atom. The van der Waals surface area contributed by atoms with E-state index >= 15 is 0 Å². The van der Waals surface area contributed by atoms with Crippen LogP contribution in [0.5, 0.6) is 0 Å². The van der Waals surface area contributed by atoms with Crippen LogP contribution in [0, 0.1) is 18.3 Å². The van der Waals surface area contributed by atoms with Crippen LogP contribution >= 0.6 is 11.6 Å². The van der Waals surface area contributed by atoms with Gasteiger partial charge in [-0.2, -0.15) is 5.26 Å². The zero-order valence-electron chi connectivity index (χ0n) is 14.7. The summed E-state index contributed by atoms with van der Waals surface area (Å²) >= 11 is 5.81. The highest BCUT2D eigenvalue weighted by molar-refractivity contribution is 6.32. The zero-order valence-corrected chi connectivity index (χ0v) is 15.5. The van der Waals surface area contributed by atoms with Crippen molar-refractivity contribution in [1.82, 2.24) is 4.57 Å². The monoisotopic (exact) mass is 380 g/mol. The smallest absolute Gasteiger partial charge is 0.303 e. The van der Waals surface area contributed by atoms with Crippen LogP contribution in [0.3, 0.4) is 0 Å². The molecule has 1 heterocycles. The van der Waals surface area contributed by atoms with Gasteiger partial charge < -0.3 is 9.67 Å². The van der Waals surface area contributed by atoms with E-state index in [0.717, 1.165) is 27.8 Å². The Labute approximate surface area is 161 Å². The first-order chi connectivity index (χ1) is 13.0. The molecule has 0 atom stereocenters. The number of hydrogen-bond acceptors (Lipinski definition) is 3. The molecule has 2 aromatic carbocycles. The van der Waals surface area contributed by atoms with Gasteiger partial charge in [0.1, 0.15) is 0 Å². The molecule has 0 saturated carbocycles. The minimum Gasteiger partial charge on any atom is -0.481 e. The van der Waals surface area contributed by atoms with Crippen molar-refractivity contribution < 1.29 is 14.7 Å². The summed E-state index contributed by atoms with van der Waals surface area (Å²) in [6.07, 6.45) is 0.442. The lowest BCUT2D eigenvalue weighted by Crippen LogP contribution is -2.04. The van der Waals surface area contributed by atoms with Crippen LogP contribution in [-0.2, 0) is 11.2 Å². The number of carbonyl (C=O) groups is 2. The maximum atomic E-state index is 12.4. The lowest BCUT2D eigenvalue weighted by Gasteiger charge is -2.09. The molecule has 0 aliphatic carbocycles. The van der Waals surface area contributed by atoms with Crippen molar-refractivity contribution in [3.8, 4) is 11.8 Å². The molecule has 5 nitrogen and oxygen atoms in total. The Hall–Kier alpha value is -3.10. The van der Waals surface area contributed by atoms with Crippen LogP contribution in [0.1, 0.15) is 33.6 Å². The van der Waals surface area contributed by atoms with Gasteiger partial charge >= 0.3 is 5.97 Å². The fraction of sp³-hybridized carbons (Fsp3) is 0.190. The number of alkyl halides is 1. The first-order valence-corrected chi connectivity index (χ1v) is 8.95. The Kier molecular flexibility index (Phi) is 5.29. The number of aliphatic carboxylic acids is 1. The highest BCUT2D eigenvalue weighted by atomic mass is 35.5. The maximum absolute atomic E-state index is 12.4. The number of carboxylic acid groups (broad SMARTS) is 1. The van der Waals surface area contributed by atoms with Crippen LogP contribution in [0.25, 0.3) is 16.6 Å². The number of carboxylic acids is 1.